The van der Waals surface area contributed by atoms with Gasteiger partial charge >= 0.3 is 0 Å². The van der Waals surface area contributed by atoms with Crippen molar-refractivity contribution in [3.8, 4) is 0 Å². The first-order valence-corrected chi connectivity index (χ1v) is 6.44. The van der Waals surface area contributed by atoms with Crippen molar-refractivity contribution >= 4 is 22.9 Å². The number of aromatic nitrogens is 2. The summed E-state index contributed by atoms with van der Waals surface area (Å²) in [7, 11) is 2.03. The Kier molecular flexibility index (Phi) is 4.41. The number of nitrogens with zero attached hydrogens (tertiary/aromatic N) is 3. The zero-order valence-corrected chi connectivity index (χ0v) is 11.6. The fraction of sp³-hybridized carbons (Fsp3) is 0.214. The van der Waals surface area contributed by atoms with E-state index in [1.165, 1.54) is 0 Å². The number of nitrogens with two attached hydrogens (primary N) is 1. The van der Waals surface area contributed by atoms with E-state index in [0.29, 0.717) is 10.7 Å². The van der Waals surface area contributed by atoms with Gasteiger partial charge in [-0.3, -0.25) is 9.97 Å². The summed E-state index contributed by atoms with van der Waals surface area (Å²) in [5, 5.41) is 0. The standard InChI is InChI=1S/C14H16N4S/c1-18(9-6-11-4-2-3-7-16-11)12-5-8-17-13(10-12)14(15)19/h2-5,7-8,10H,6,9H2,1H3,(H2,15,19). The third kappa shape index (κ3) is 3.72. The fourth-order valence-electron chi connectivity index (χ4n) is 1.75. The van der Waals surface area contributed by atoms with Crippen molar-refractivity contribution in [2.45, 2.75) is 6.42 Å². The number of pyridine rings is 2. The second kappa shape index (κ2) is 6.24. The van der Waals surface area contributed by atoms with Crippen molar-refractivity contribution in [3.05, 3.63) is 54.1 Å². The van der Waals surface area contributed by atoms with Gasteiger partial charge in [0.15, 0.2) is 0 Å². The number of hydrogen-bond acceptors (Lipinski definition) is 4. The van der Waals surface area contributed by atoms with Crippen LogP contribution < -0.4 is 10.6 Å². The maximum atomic E-state index is 5.59. The van der Waals surface area contributed by atoms with Gasteiger partial charge in [0.2, 0.25) is 0 Å². The summed E-state index contributed by atoms with van der Waals surface area (Å²) in [6.07, 6.45) is 4.43. The van der Waals surface area contributed by atoms with Crippen LogP contribution in [0.4, 0.5) is 5.69 Å². The molecule has 0 radical (unpaired) electrons. The maximum Gasteiger partial charge on any atom is 0.122 e. The summed E-state index contributed by atoms with van der Waals surface area (Å²) in [5.74, 6) is 0. The minimum Gasteiger partial charge on any atom is -0.388 e. The molecule has 0 aliphatic heterocycles. The van der Waals surface area contributed by atoms with Gasteiger partial charge in [0.1, 0.15) is 4.99 Å². The Morgan fingerprint density at radius 3 is 2.79 bits per heavy atom. The molecule has 0 saturated carbocycles. The summed E-state index contributed by atoms with van der Waals surface area (Å²) in [4.78, 5) is 10.9. The van der Waals surface area contributed by atoms with Gasteiger partial charge in [-0.25, -0.2) is 0 Å². The van der Waals surface area contributed by atoms with Crippen LogP contribution in [-0.4, -0.2) is 28.5 Å². The van der Waals surface area contributed by atoms with Gasteiger partial charge in [0, 0.05) is 43.8 Å². The Bertz CT molecular complexity index is 556. The molecular formula is C14H16N4S. The molecule has 0 aromatic carbocycles. The Balaban J connectivity index is 2.02. The topological polar surface area (TPSA) is 55.0 Å². The second-order valence-corrected chi connectivity index (χ2v) is 4.70. The lowest BCUT2D eigenvalue weighted by molar-refractivity contribution is 0.851. The number of rotatable bonds is 5. The van der Waals surface area contributed by atoms with E-state index in [1.807, 2.05) is 43.6 Å². The molecule has 0 amide bonds. The van der Waals surface area contributed by atoms with E-state index in [9.17, 15) is 0 Å². The highest BCUT2D eigenvalue weighted by molar-refractivity contribution is 7.80. The molecule has 2 heterocycles. The van der Waals surface area contributed by atoms with Crippen LogP contribution in [0.15, 0.2) is 42.7 Å². The lowest BCUT2D eigenvalue weighted by Gasteiger charge is -2.19. The average molecular weight is 272 g/mol. The third-order valence-electron chi connectivity index (χ3n) is 2.87. The Labute approximate surface area is 118 Å². The molecule has 5 heteroatoms. The summed E-state index contributed by atoms with van der Waals surface area (Å²) >= 11 is 4.94. The molecule has 0 saturated heterocycles. The zero-order valence-electron chi connectivity index (χ0n) is 10.8. The molecule has 0 spiro atoms. The molecule has 0 bridgehead atoms. The fourth-order valence-corrected chi connectivity index (χ4v) is 1.86. The van der Waals surface area contributed by atoms with E-state index in [0.717, 1.165) is 24.3 Å². The zero-order chi connectivity index (χ0) is 13.7. The highest BCUT2D eigenvalue weighted by Crippen LogP contribution is 2.13. The summed E-state index contributed by atoms with van der Waals surface area (Å²) in [6.45, 7) is 0.873. The van der Waals surface area contributed by atoms with Crippen LogP contribution in [0.25, 0.3) is 0 Å². The number of anilines is 1. The van der Waals surface area contributed by atoms with Gasteiger partial charge in [0.25, 0.3) is 0 Å². The second-order valence-electron chi connectivity index (χ2n) is 4.26. The number of hydrogen-bond donors (Lipinski definition) is 1. The van der Waals surface area contributed by atoms with E-state index in [2.05, 4.69) is 14.9 Å². The Morgan fingerprint density at radius 1 is 1.26 bits per heavy atom. The van der Waals surface area contributed by atoms with Gasteiger partial charge in [-0.05, 0) is 24.3 Å². The predicted octanol–water partition coefficient (Wildman–Crippen LogP) is 1.79. The molecule has 0 aliphatic carbocycles. The van der Waals surface area contributed by atoms with Crippen molar-refractivity contribution in [1.29, 1.82) is 0 Å². The molecule has 2 N–H and O–H groups in total. The first-order chi connectivity index (χ1) is 9.16. The van der Waals surface area contributed by atoms with Crippen LogP contribution in [0, 0.1) is 0 Å². The average Bonchev–Trinajstić information content (AvgIpc) is 2.46. The quantitative estimate of drug-likeness (QED) is 0.841. The van der Waals surface area contributed by atoms with Crippen LogP contribution in [0.2, 0.25) is 0 Å². The van der Waals surface area contributed by atoms with E-state index in [-0.39, 0.29) is 0 Å². The van der Waals surface area contributed by atoms with Crippen molar-refractivity contribution in [2.24, 2.45) is 5.73 Å². The molecule has 2 aromatic heterocycles. The van der Waals surface area contributed by atoms with E-state index in [1.54, 1.807) is 6.20 Å². The Hall–Kier alpha value is -2.01. The minimum atomic E-state index is 0.319. The highest BCUT2D eigenvalue weighted by Gasteiger charge is 2.05. The van der Waals surface area contributed by atoms with E-state index >= 15 is 0 Å². The first kappa shape index (κ1) is 13.4. The van der Waals surface area contributed by atoms with Crippen molar-refractivity contribution in [2.75, 3.05) is 18.5 Å². The molecule has 0 unspecified atom stereocenters. The largest absolute Gasteiger partial charge is 0.388 e. The molecule has 98 valence electrons. The number of thiocarbonyl (C=S) groups is 1. The predicted molar refractivity (Wildman–Crippen MR) is 81.3 cm³/mol. The monoisotopic (exact) mass is 272 g/mol. The molecule has 2 aromatic rings. The van der Waals surface area contributed by atoms with Crippen molar-refractivity contribution in [3.63, 3.8) is 0 Å². The van der Waals surface area contributed by atoms with Crippen LogP contribution in [-0.2, 0) is 6.42 Å². The molecule has 0 atom stereocenters. The lowest BCUT2D eigenvalue weighted by Crippen LogP contribution is -2.21. The van der Waals surface area contributed by atoms with Crippen LogP contribution in [0.5, 0.6) is 0 Å². The van der Waals surface area contributed by atoms with Gasteiger partial charge in [-0.2, -0.15) is 0 Å². The van der Waals surface area contributed by atoms with Gasteiger partial charge in [-0.15, -0.1) is 0 Å². The van der Waals surface area contributed by atoms with E-state index < -0.39 is 0 Å². The van der Waals surface area contributed by atoms with Crippen molar-refractivity contribution < 1.29 is 0 Å². The van der Waals surface area contributed by atoms with Crippen LogP contribution in [0.1, 0.15) is 11.4 Å². The van der Waals surface area contributed by atoms with Crippen LogP contribution >= 0.6 is 12.2 Å². The normalized spacial score (nSPS) is 10.2. The molecule has 4 nitrogen and oxygen atoms in total. The summed E-state index contributed by atoms with van der Waals surface area (Å²) < 4.78 is 0. The summed E-state index contributed by atoms with van der Waals surface area (Å²) in [6, 6.07) is 9.80. The van der Waals surface area contributed by atoms with Gasteiger partial charge in [-0.1, -0.05) is 18.3 Å². The smallest absolute Gasteiger partial charge is 0.122 e. The minimum absolute atomic E-state index is 0.319. The number of likely N-dealkylation sites (N-methyl/N-ethyl adjacent to an activating group) is 1. The highest BCUT2D eigenvalue weighted by atomic mass is 32.1. The first-order valence-electron chi connectivity index (χ1n) is 6.04. The molecular weight excluding hydrogens is 256 g/mol. The third-order valence-corrected chi connectivity index (χ3v) is 3.08. The maximum absolute atomic E-state index is 5.59. The van der Waals surface area contributed by atoms with Gasteiger partial charge in [0.05, 0.1) is 5.69 Å². The molecule has 2 rings (SSSR count). The lowest BCUT2D eigenvalue weighted by atomic mass is 10.2. The molecule has 0 aliphatic rings. The molecule has 0 fully saturated rings. The van der Waals surface area contributed by atoms with Crippen molar-refractivity contribution in [1.82, 2.24) is 9.97 Å². The van der Waals surface area contributed by atoms with Gasteiger partial charge < -0.3 is 10.6 Å². The van der Waals surface area contributed by atoms with E-state index in [4.69, 9.17) is 18.0 Å². The summed E-state index contributed by atoms with van der Waals surface area (Å²) in [5.41, 5.74) is 8.37. The Morgan fingerprint density at radius 2 is 2.11 bits per heavy atom. The SMILES string of the molecule is CN(CCc1ccccn1)c1ccnc(C(N)=S)c1. The molecule has 19 heavy (non-hydrogen) atoms. The van der Waals surface area contributed by atoms with Crippen LogP contribution in [0.3, 0.4) is 0 Å².